The summed E-state index contributed by atoms with van der Waals surface area (Å²) in [5, 5.41) is 6.98. The second-order valence-electron chi connectivity index (χ2n) is 8.48. The molecule has 182 valence electrons. The Balaban J connectivity index is 1.84. The summed E-state index contributed by atoms with van der Waals surface area (Å²) in [6.45, 7) is 16.8. The Morgan fingerprint density at radius 1 is 1.12 bits per heavy atom. The minimum atomic E-state index is 0.410. The third-order valence-corrected chi connectivity index (χ3v) is 6.22. The van der Waals surface area contributed by atoms with E-state index in [4.69, 9.17) is 14.5 Å². The Bertz CT molecular complexity index is 706. The first-order valence-corrected chi connectivity index (χ1v) is 12.3. The Morgan fingerprint density at radius 2 is 1.81 bits per heavy atom. The van der Waals surface area contributed by atoms with Crippen molar-refractivity contribution in [1.82, 2.24) is 20.4 Å². The van der Waals surface area contributed by atoms with Gasteiger partial charge in [-0.2, -0.15) is 0 Å². The molecule has 0 bridgehead atoms. The lowest BCUT2D eigenvalue weighted by Gasteiger charge is -2.29. The SMILES string of the molecule is CCNC(=NCCN1CCc2cc(OC)c(OC)cc2C1)NC(C)CCCN(CC)CC. The lowest BCUT2D eigenvalue weighted by atomic mass is 9.99. The normalized spacial score (nSPS) is 15.4. The number of aliphatic imine (C=N–C) groups is 1. The number of hydrogen-bond donors (Lipinski definition) is 2. The molecule has 0 radical (unpaired) electrons. The standard InChI is InChI=1S/C25H45N5O2/c1-7-26-25(28-20(4)11-10-14-29(8-2)9-3)27-13-16-30-15-12-21-17-23(31-5)24(32-6)18-22(21)19-30/h17-18,20H,7-16,19H2,1-6H3,(H2,26,27,28). The zero-order chi connectivity index (χ0) is 23.3. The molecule has 1 aromatic carbocycles. The molecule has 0 saturated carbocycles. The second kappa shape index (κ2) is 14.2. The van der Waals surface area contributed by atoms with Gasteiger partial charge in [-0.15, -0.1) is 0 Å². The van der Waals surface area contributed by atoms with Gasteiger partial charge >= 0.3 is 0 Å². The van der Waals surface area contributed by atoms with Crippen LogP contribution in [0.5, 0.6) is 11.5 Å². The minimum Gasteiger partial charge on any atom is -0.493 e. The minimum absolute atomic E-state index is 0.410. The zero-order valence-electron chi connectivity index (χ0n) is 21.2. The first-order chi connectivity index (χ1) is 15.5. The molecule has 7 nitrogen and oxygen atoms in total. The molecule has 1 aliphatic heterocycles. The number of guanidine groups is 1. The summed E-state index contributed by atoms with van der Waals surface area (Å²) in [4.78, 5) is 9.79. The van der Waals surface area contributed by atoms with Crippen LogP contribution in [0, 0.1) is 0 Å². The molecular weight excluding hydrogens is 402 g/mol. The van der Waals surface area contributed by atoms with Crippen LogP contribution in [0.15, 0.2) is 17.1 Å². The lowest BCUT2D eigenvalue weighted by Crippen LogP contribution is -2.43. The predicted molar refractivity (Wildman–Crippen MR) is 134 cm³/mol. The van der Waals surface area contributed by atoms with E-state index in [1.54, 1.807) is 14.2 Å². The van der Waals surface area contributed by atoms with Crippen molar-refractivity contribution in [3.8, 4) is 11.5 Å². The highest BCUT2D eigenvalue weighted by Gasteiger charge is 2.19. The molecule has 0 spiro atoms. The zero-order valence-corrected chi connectivity index (χ0v) is 21.2. The molecule has 1 atom stereocenters. The van der Waals surface area contributed by atoms with Crippen molar-refractivity contribution in [3.63, 3.8) is 0 Å². The van der Waals surface area contributed by atoms with Gasteiger partial charge < -0.3 is 25.0 Å². The van der Waals surface area contributed by atoms with E-state index in [1.807, 2.05) is 0 Å². The van der Waals surface area contributed by atoms with E-state index in [0.717, 1.165) is 76.1 Å². The van der Waals surface area contributed by atoms with E-state index in [2.05, 4.69) is 60.3 Å². The molecule has 1 unspecified atom stereocenters. The lowest BCUT2D eigenvalue weighted by molar-refractivity contribution is 0.259. The van der Waals surface area contributed by atoms with Gasteiger partial charge in [0.15, 0.2) is 17.5 Å². The van der Waals surface area contributed by atoms with Crippen molar-refractivity contribution >= 4 is 5.96 Å². The van der Waals surface area contributed by atoms with Crippen LogP contribution < -0.4 is 20.1 Å². The van der Waals surface area contributed by atoms with Crippen molar-refractivity contribution in [3.05, 3.63) is 23.3 Å². The molecule has 2 N–H and O–H groups in total. The van der Waals surface area contributed by atoms with Crippen molar-refractivity contribution in [2.45, 2.75) is 59.5 Å². The first kappa shape index (κ1) is 26.3. The summed E-state index contributed by atoms with van der Waals surface area (Å²) in [6, 6.07) is 4.65. The van der Waals surface area contributed by atoms with Crippen LogP contribution in [-0.4, -0.2) is 81.8 Å². The number of nitrogens with zero attached hydrogens (tertiary/aromatic N) is 3. The van der Waals surface area contributed by atoms with Gasteiger partial charge in [-0.25, -0.2) is 0 Å². The van der Waals surface area contributed by atoms with E-state index >= 15 is 0 Å². The molecular formula is C25H45N5O2. The highest BCUT2D eigenvalue weighted by Crippen LogP contribution is 2.33. The number of hydrogen-bond acceptors (Lipinski definition) is 5. The van der Waals surface area contributed by atoms with Gasteiger partial charge in [0.05, 0.1) is 20.8 Å². The van der Waals surface area contributed by atoms with Crippen molar-refractivity contribution < 1.29 is 9.47 Å². The maximum atomic E-state index is 5.48. The van der Waals surface area contributed by atoms with E-state index in [9.17, 15) is 0 Å². The average Bonchev–Trinajstić information content (AvgIpc) is 2.80. The largest absolute Gasteiger partial charge is 0.493 e. The molecule has 1 aromatic rings. The number of nitrogens with one attached hydrogen (secondary N) is 2. The number of benzene rings is 1. The van der Waals surface area contributed by atoms with Crippen LogP contribution >= 0.6 is 0 Å². The monoisotopic (exact) mass is 447 g/mol. The maximum absolute atomic E-state index is 5.48. The number of rotatable bonds is 13. The molecule has 0 amide bonds. The molecule has 0 saturated heterocycles. The first-order valence-electron chi connectivity index (χ1n) is 12.3. The van der Waals surface area contributed by atoms with E-state index in [-0.39, 0.29) is 0 Å². The topological polar surface area (TPSA) is 61.4 Å². The van der Waals surface area contributed by atoms with Gasteiger partial charge in [0.1, 0.15) is 0 Å². The Labute approximate surface area is 195 Å². The fraction of sp³-hybridized carbons (Fsp3) is 0.720. The van der Waals surface area contributed by atoms with Gasteiger partial charge in [0, 0.05) is 32.2 Å². The summed E-state index contributed by atoms with van der Waals surface area (Å²) in [5.41, 5.74) is 2.68. The molecule has 0 aromatic heterocycles. The Kier molecular flexibility index (Phi) is 11.7. The third kappa shape index (κ3) is 8.17. The van der Waals surface area contributed by atoms with Crippen LogP contribution in [0.25, 0.3) is 0 Å². The van der Waals surface area contributed by atoms with E-state index in [1.165, 1.54) is 24.1 Å². The maximum Gasteiger partial charge on any atom is 0.191 e. The molecule has 0 fully saturated rings. The number of fused-ring (bicyclic) bond motifs is 1. The molecule has 1 heterocycles. The van der Waals surface area contributed by atoms with Gasteiger partial charge in [-0.3, -0.25) is 9.89 Å². The van der Waals surface area contributed by atoms with Crippen LogP contribution in [-0.2, 0) is 13.0 Å². The van der Waals surface area contributed by atoms with Crippen LogP contribution in [0.1, 0.15) is 51.7 Å². The van der Waals surface area contributed by atoms with Crippen molar-refractivity contribution in [1.29, 1.82) is 0 Å². The smallest absolute Gasteiger partial charge is 0.191 e. The van der Waals surface area contributed by atoms with E-state index < -0.39 is 0 Å². The molecule has 1 aliphatic rings. The second-order valence-corrected chi connectivity index (χ2v) is 8.48. The van der Waals surface area contributed by atoms with Gasteiger partial charge in [-0.1, -0.05) is 13.8 Å². The third-order valence-electron chi connectivity index (χ3n) is 6.22. The van der Waals surface area contributed by atoms with Gasteiger partial charge in [0.2, 0.25) is 0 Å². The summed E-state index contributed by atoms with van der Waals surface area (Å²) in [7, 11) is 3.39. The quantitative estimate of drug-likeness (QED) is 0.358. The van der Waals surface area contributed by atoms with Gasteiger partial charge in [-0.05, 0) is 76.0 Å². The molecule has 32 heavy (non-hydrogen) atoms. The number of ether oxygens (including phenoxy) is 2. The summed E-state index contributed by atoms with van der Waals surface area (Å²) < 4.78 is 10.9. The molecule has 7 heteroatoms. The summed E-state index contributed by atoms with van der Waals surface area (Å²) in [5.74, 6) is 2.54. The predicted octanol–water partition coefficient (Wildman–Crippen LogP) is 3.13. The molecule has 2 rings (SSSR count). The van der Waals surface area contributed by atoms with Crippen molar-refractivity contribution in [2.75, 3.05) is 60.0 Å². The highest BCUT2D eigenvalue weighted by atomic mass is 16.5. The highest BCUT2D eigenvalue weighted by molar-refractivity contribution is 5.80. The van der Waals surface area contributed by atoms with E-state index in [0.29, 0.717) is 6.04 Å². The average molecular weight is 448 g/mol. The molecule has 0 aliphatic carbocycles. The van der Waals surface area contributed by atoms with Crippen molar-refractivity contribution in [2.24, 2.45) is 4.99 Å². The number of methoxy groups -OCH3 is 2. The summed E-state index contributed by atoms with van der Waals surface area (Å²) in [6.07, 6.45) is 3.38. The van der Waals surface area contributed by atoms with Gasteiger partial charge in [0.25, 0.3) is 0 Å². The van der Waals surface area contributed by atoms with Crippen LogP contribution in [0.2, 0.25) is 0 Å². The van der Waals surface area contributed by atoms with Crippen LogP contribution in [0.4, 0.5) is 0 Å². The Hall–Kier alpha value is -1.99. The Morgan fingerprint density at radius 3 is 2.44 bits per heavy atom. The summed E-state index contributed by atoms with van der Waals surface area (Å²) >= 11 is 0. The van der Waals surface area contributed by atoms with Crippen LogP contribution in [0.3, 0.4) is 0 Å². The fourth-order valence-corrected chi connectivity index (χ4v) is 4.22. The fourth-order valence-electron chi connectivity index (χ4n) is 4.22.